The lowest BCUT2D eigenvalue weighted by molar-refractivity contribution is -0.135. The second-order valence-electron chi connectivity index (χ2n) is 6.71. The Hall–Kier alpha value is -4.08. The van der Waals surface area contributed by atoms with Crippen molar-refractivity contribution in [2.45, 2.75) is 25.9 Å². The minimum Gasteiger partial charge on any atom is -0.461 e. The molecule has 1 aromatic carbocycles. The molecule has 2 aromatic heterocycles. The van der Waals surface area contributed by atoms with Gasteiger partial charge in [0.25, 0.3) is 0 Å². The van der Waals surface area contributed by atoms with Crippen LogP contribution in [-0.4, -0.2) is 50.0 Å². The number of hydrogen-bond acceptors (Lipinski definition) is 8. The van der Waals surface area contributed by atoms with Crippen molar-refractivity contribution in [1.29, 1.82) is 0 Å². The molecule has 0 aliphatic carbocycles. The number of hydrazone groups is 1. The summed E-state index contributed by atoms with van der Waals surface area (Å²) in [5.41, 5.74) is 1.71. The molecule has 0 radical (unpaired) electrons. The molecule has 4 rings (SSSR count). The highest BCUT2D eigenvalue weighted by atomic mass is 16.5. The van der Waals surface area contributed by atoms with E-state index in [2.05, 4.69) is 25.5 Å². The summed E-state index contributed by atoms with van der Waals surface area (Å²) in [5, 5.41) is 13.0. The number of aromatic nitrogens is 4. The molecule has 31 heavy (non-hydrogen) atoms. The van der Waals surface area contributed by atoms with Crippen LogP contribution in [0.5, 0.6) is 0 Å². The normalized spacial score (nSPS) is 15.5. The van der Waals surface area contributed by atoms with Crippen molar-refractivity contribution < 1.29 is 14.3 Å². The lowest BCUT2D eigenvalue weighted by Gasteiger charge is -2.23. The lowest BCUT2D eigenvalue weighted by atomic mass is 10.1. The van der Waals surface area contributed by atoms with Gasteiger partial charge in [-0.1, -0.05) is 24.3 Å². The van der Waals surface area contributed by atoms with E-state index in [9.17, 15) is 9.59 Å². The fraction of sp³-hybridized carbons (Fsp3) is 0.238. The predicted octanol–water partition coefficient (Wildman–Crippen LogP) is 1.48. The lowest BCUT2D eigenvalue weighted by Crippen LogP contribution is -2.42. The van der Waals surface area contributed by atoms with Crippen LogP contribution in [0.1, 0.15) is 18.9 Å². The number of anilines is 1. The third-order valence-corrected chi connectivity index (χ3v) is 4.70. The summed E-state index contributed by atoms with van der Waals surface area (Å²) in [5.74, 6) is -0.199. The number of nitrogens with zero attached hydrogens (tertiary/aromatic N) is 6. The van der Waals surface area contributed by atoms with E-state index < -0.39 is 12.0 Å². The number of benzene rings is 1. The fourth-order valence-corrected chi connectivity index (χ4v) is 3.26. The van der Waals surface area contributed by atoms with Crippen LogP contribution >= 0.6 is 0 Å². The number of amides is 1. The van der Waals surface area contributed by atoms with Crippen molar-refractivity contribution in [2.24, 2.45) is 5.10 Å². The molecule has 10 heteroatoms. The minimum absolute atomic E-state index is 0.155. The van der Waals surface area contributed by atoms with Gasteiger partial charge in [-0.15, -0.1) is 0 Å². The molecular weight excluding hydrogens is 398 g/mol. The Bertz CT molecular complexity index is 1080. The van der Waals surface area contributed by atoms with Crippen LogP contribution in [0, 0.1) is 0 Å². The maximum Gasteiger partial charge on any atom is 0.354 e. The summed E-state index contributed by atoms with van der Waals surface area (Å²) in [6, 6.07) is 12.2. The van der Waals surface area contributed by atoms with Gasteiger partial charge in [0.05, 0.1) is 12.3 Å². The van der Waals surface area contributed by atoms with E-state index in [1.54, 1.807) is 30.5 Å². The van der Waals surface area contributed by atoms with E-state index in [0.29, 0.717) is 11.5 Å². The Morgan fingerprint density at radius 3 is 2.77 bits per heavy atom. The number of carbonyl (C=O) groups excluding carboxylic acids is 2. The number of hydrogen-bond donors (Lipinski definition) is 1. The largest absolute Gasteiger partial charge is 0.461 e. The molecule has 3 heterocycles. The van der Waals surface area contributed by atoms with Gasteiger partial charge in [0.15, 0.2) is 5.82 Å². The molecule has 0 fully saturated rings. The Kier molecular flexibility index (Phi) is 5.97. The first-order valence-electron chi connectivity index (χ1n) is 9.83. The van der Waals surface area contributed by atoms with Gasteiger partial charge in [-0.05, 0) is 25.1 Å². The van der Waals surface area contributed by atoms with Crippen LogP contribution in [0.15, 0.2) is 66.4 Å². The Balaban J connectivity index is 1.52. The molecule has 1 amide bonds. The van der Waals surface area contributed by atoms with Crippen molar-refractivity contribution in [3.05, 3.63) is 66.9 Å². The average Bonchev–Trinajstić information content (AvgIpc) is 3.49. The molecule has 1 N–H and O–H groups in total. The van der Waals surface area contributed by atoms with Crippen molar-refractivity contribution in [2.75, 3.05) is 11.6 Å². The van der Waals surface area contributed by atoms with Crippen molar-refractivity contribution in [3.8, 4) is 5.82 Å². The maximum absolute atomic E-state index is 13.1. The highest BCUT2D eigenvalue weighted by molar-refractivity contribution is 6.38. The van der Waals surface area contributed by atoms with Crippen LogP contribution in [0.2, 0.25) is 0 Å². The first-order chi connectivity index (χ1) is 15.2. The predicted molar refractivity (Wildman–Crippen MR) is 112 cm³/mol. The number of rotatable bonds is 7. The van der Waals surface area contributed by atoms with Gasteiger partial charge in [-0.2, -0.15) is 10.2 Å². The Morgan fingerprint density at radius 1 is 1.19 bits per heavy atom. The van der Waals surface area contributed by atoms with Crippen LogP contribution in [0.25, 0.3) is 5.82 Å². The zero-order chi connectivity index (χ0) is 21.6. The molecule has 1 aliphatic rings. The number of nitrogens with one attached hydrogen (secondary N) is 1. The number of pyridine rings is 1. The SMILES string of the molecule is CCOC(=O)C1=NN(c2ccccc2)C(C(=O)NCc2cccnc2-n2cncn2)C1. The van der Waals surface area contributed by atoms with Crippen molar-refractivity contribution >= 4 is 23.3 Å². The van der Waals surface area contributed by atoms with E-state index in [1.165, 1.54) is 11.0 Å². The van der Waals surface area contributed by atoms with E-state index in [1.807, 2.05) is 36.4 Å². The second-order valence-corrected chi connectivity index (χ2v) is 6.71. The van der Waals surface area contributed by atoms with E-state index >= 15 is 0 Å². The van der Waals surface area contributed by atoms with Gasteiger partial charge < -0.3 is 10.1 Å². The van der Waals surface area contributed by atoms with Crippen molar-refractivity contribution in [1.82, 2.24) is 25.1 Å². The minimum atomic E-state index is -0.673. The van der Waals surface area contributed by atoms with Gasteiger partial charge in [0.2, 0.25) is 5.91 Å². The number of para-hydroxylation sites is 1. The summed E-state index contributed by atoms with van der Waals surface area (Å²) < 4.78 is 6.61. The number of carbonyl (C=O) groups is 2. The molecule has 10 nitrogen and oxygen atoms in total. The quantitative estimate of drug-likeness (QED) is 0.577. The fourth-order valence-electron chi connectivity index (χ4n) is 3.26. The Labute approximate surface area is 178 Å². The van der Waals surface area contributed by atoms with Crippen LogP contribution < -0.4 is 10.3 Å². The van der Waals surface area contributed by atoms with E-state index in [0.717, 1.165) is 5.56 Å². The topological polar surface area (TPSA) is 115 Å². The van der Waals surface area contributed by atoms with Gasteiger partial charge in [-0.3, -0.25) is 9.80 Å². The summed E-state index contributed by atoms with van der Waals surface area (Å²) >= 11 is 0. The van der Waals surface area contributed by atoms with Crippen LogP contribution in [-0.2, 0) is 20.9 Å². The number of esters is 1. The first-order valence-corrected chi connectivity index (χ1v) is 9.83. The van der Waals surface area contributed by atoms with Gasteiger partial charge >= 0.3 is 5.97 Å². The van der Waals surface area contributed by atoms with Gasteiger partial charge in [0, 0.05) is 24.7 Å². The molecule has 158 valence electrons. The second kappa shape index (κ2) is 9.16. The third kappa shape index (κ3) is 4.42. The maximum atomic E-state index is 13.1. The van der Waals surface area contributed by atoms with E-state index in [-0.39, 0.29) is 31.2 Å². The molecule has 1 unspecified atom stereocenters. The van der Waals surface area contributed by atoms with E-state index in [4.69, 9.17) is 4.74 Å². The monoisotopic (exact) mass is 419 g/mol. The van der Waals surface area contributed by atoms with Crippen LogP contribution in [0.4, 0.5) is 5.69 Å². The van der Waals surface area contributed by atoms with Crippen molar-refractivity contribution in [3.63, 3.8) is 0 Å². The zero-order valence-corrected chi connectivity index (χ0v) is 16.9. The highest BCUT2D eigenvalue weighted by Crippen LogP contribution is 2.25. The third-order valence-electron chi connectivity index (χ3n) is 4.70. The first kappa shape index (κ1) is 20.2. The average molecular weight is 419 g/mol. The molecule has 0 saturated carbocycles. The molecule has 1 atom stereocenters. The molecule has 0 bridgehead atoms. The molecule has 0 spiro atoms. The highest BCUT2D eigenvalue weighted by Gasteiger charge is 2.36. The molecular formula is C21H21N7O3. The zero-order valence-electron chi connectivity index (χ0n) is 16.9. The van der Waals surface area contributed by atoms with Gasteiger partial charge in [0.1, 0.15) is 24.4 Å². The molecule has 0 saturated heterocycles. The number of ether oxygens (including phenoxy) is 1. The Morgan fingerprint density at radius 2 is 2.03 bits per heavy atom. The summed E-state index contributed by atoms with van der Waals surface area (Å²) in [6.07, 6.45) is 4.77. The molecule has 1 aliphatic heterocycles. The van der Waals surface area contributed by atoms with Crippen LogP contribution in [0.3, 0.4) is 0 Å². The summed E-state index contributed by atoms with van der Waals surface area (Å²) in [7, 11) is 0. The summed E-state index contributed by atoms with van der Waals surface area (Å²) in [6.45, 7) is 2.20. The smallest absolute Gasteiger partial charge is 0.354 e. The standard InChI is InChI=1S/C21H21N7O3/c1-2-31-21(30)17-11-18(28(26-17)16-8-4-3-5-9-16)20(29)24-12-15-7-6-10-23-19(15)27-14-22-13-25-27/h3-10,13-14,18H,2,11-12H2,1H3,(H,24,29). The summed E-state index contributed by atoms with van der Waals surface area (Å²) in [4.78, 5) is 33.6. The molecule has 3 aromatic rings. The van der Waals surface area contributed by atoms with Gasteiger partial charge in [-0.25, -0.2) is 19.4 Å².